The molecule has 2 aromatic carbocycles. The summed E-state index contributed by atoms with van der Waals surface area (Å²) in [7, 11) is 0. The van der Waals surface area contributed by atoms with Gasteiger partial charge in [-0.05, 0) is 30.8 Å². The number of anilines is 1. The number of nitrogens with one attached hydrogen (secondary N) is 2. The van der Waals surface area contributed by atoms with Crippen LogP contribution in [0.1, 0.15) is 26.2 Å². The lowest BCUT2D eigenvalue weighted by Crippen LogP contribution is -2.33. The summed E-state index contributed by atoms with van der Waals surface area (Å²) in [6.45, 7) is 2.03. The summed E-state index contributed by atoms with van der Waals surface area (Å²) in [4.78, 5) is 11.6. The maximum atomic E-state index is 11.6. The Kier molecular flexibility index (Phi) is 5.11. The summed E-state index contributed by atoms with van der Waals surface area (Å²) in [5.74, 6) is 0.131. The Bertz CT molecular complexity index is 670. The molecule has 5 heteroatoms. The molecule has 0 saturated carbocycles. The number of phenolic OH excluding ortho intramolecular Hbond substituents is 1. The molecule has 3 N–H and O–H groups in total. The average molecular weight is 302 g/mol. The number of thiocarbonyl (C=S) groups is 1. The molecule has 0 saturated heterocycles. The van der Waals surface area contributed by atoms with Gasteiger partial charge >= 0.3 is 0 Å². The highest BCUT2D eigenvalue weighted by Gasteiger charge is 2.07. The molecule has 0 aromatic heterocycles. The Labute approximate surface area is 129 Å². The molecular formula is C16H18N2O2S. The van der Waals surface area contributed by atoms with Crippen molar-refractivity contribution in [3.63, 3.8) is 0 Å². The van der Waals surface area contributed by atoms with Crippen molar-refractivity contribution >= 4 is 39.7 Å². The molecule has 0 aliphatic rings. The van der Waals surface area contributed by atoms with Gasteiger partial charge in [-0.1, -0.05) is 37.6 Å². The summed E-state index contributed by atoms with van der Waals surface area (Å²) in [6, 6.07) is 10.8. The number of rotatable bonds is 4. The van der Waals surface area contributed by atoms with Crippen molar-refractivity contribution in [3.05, 3.63) is 36.4 Å². The van der Waals surface area contributed by atoms with E-state index in [4.69, 9.17) is 12.2 Å². The van der Waals surface area contributed by atoms with Crippen molar-refractivity contribution in [2.75, 3.05) is 5.32 Å². The summed E-state index contributed by atoms with van der Waals surface area (Å²) in [5.41, 5.74) is 0.754. The van der Waals surface area contributed by atoms with Crippen molar-refractivity contribution in [1.82, 2.24) is 5.32 Å². The van der Waals surface area contributed by atoms with Gasteiger partial charge < -0.3 is 15.7 Å². The molecule has 0 unspecified atom stereocenters. The second-order valence-corrected chi connectivity index (χ2v) is 5.19. The molecule has 2 aromatic rings. The Morgan fingerprint density at radius 3 is 2.67 bits per heavy atom. The normalized spacial score (nSPS) is 10.3. The van der Waals surface area contributed by atoms with Crippen LogP contribution in [0.3, 0.4) is 0 Å². The molecule has 0 bridgehead atoms. The van der Waals surface area contributed by atoms with E-state index in [0.29, 0.717) is 6.42 Å². The number of benzene rings is 2. The smallest absolute Gasteiger partial charge is 0.226 e. The SMILES string of the molecule is CCCCC(=O)NC(=S)Nc1cccc2c(O)cccc12. The minimum absolute atomic E-state index is 0.0857. The third kappa shape index (κ3) is 3.92. The molecule has 2 rings (SSSR count). The maximum Gasteiger partial charge on any atom is 0.226 e. The van der Waals surface area contributed by atoms with Crippen LogP contribution < -0.4 is 10.6 Å². The fourth-order valence-corrected chi connectivity index (χ4v) is 2.31. The summed E-state index contributed by atoms with van der Waals surface area (Å²) in [6.07, 6.45) is 2.28. The number of unbranched alkanes of at least 4 members (excludes halogenated alkanes) is 1. The van der Waals surface area contributed by atoms with E-state index in [0.717, 1.165) is 29.3 Å². The lowest BCUT2D eigenvalue weighted by atomic mass is 10.1. The fourth-order valence-electron chi connectivity index (χ4n) is 2.08. The number of fused-ring (bicyclic) bond motifs is 1. The van der Waals surface area contributed by atoms with Crippen LogP contribution in [0.15, 0.2) is 36.4 Å². The first kappa shape index (κ1) is 15.3. The summed E-state index contributed by atoms with van der Waals surface area (Å²) >= 11 is 5.15. The molecule has 0 atom stereocenters. The molecule has 110 valence electrons. The van der Waals surface area contributed by atoms with Gasteiger partial charge in [-0.2, -0.15) is 0 Å². The molecular weight excluding hydrogens is 284 g/mol. The number of hydrogen-bond donors (Lipinski definition) is 3. The second kappa shape index (κ2) is 7.04. The highest BCUT2D eigenvalue weighted by Crippen LogP contribution is 2.29. The molecule has 0 aliphatic heterocycles. The highest BCUT2D eigenvalue weighted by molar-refractivity contribution is 7.80. The van der Waals surface area contributed by atoms with Crippen LogP contribution in [0, 0.1) is 0 Å². The third-order valence-electron chi connectivity index (χ3n) is 3.16. The quantitative estimate of drug-likeness (QED) is 0.756. The Balaban J connectivity index is 2.11. The number of carbonyl (C=O) groups excluding carboxylic acids is 1. The molecule has 0 radical (unpaired) electrons. The lowest BCUT2D eigenvalue weighted by molar-refractivity contribution is -0.119. The van der Waals surface area contributed by atoms with Crippen molar-refractivity contribution in [3.8, 4) is 5.75 Å². The predicted molar refractivity (Wildman–Crippen MR) is 89.5 cm³/mol. The minimum Gasteiger partial charge on any atom is -0.507 e. The molecule has 0 aliphatic carbocycles. The molecule has 0 fully saturated rings. The zero-order valence-corrected chi connectivity index (χ0v) is 12.7. The van der Waals surface area contributed by atoms with E-state index in [1.54, 1.807) is 12.1 Å². The second-order valence-electron chi connectivity index (χ2n) is 4.78. The van der Waals surface area contributed by atoms with Gasteiger partial charge in [-0.15, -0.1) is 0 Å². The Morgan fingerprint density at radius 1 is 1.19 bits per heavy atom. The van der Waals surface area contributed by atoms with Gasteiger partial charge in [0.25, 0.3) is 0 Å². The van der Waals surface area contributed by atoms with Crippen LogP contribution in [0.4, 0.5) is 5.69 Å². The van der Waals surface area contributed by atoms with Gasteiger partial charge in [0.15, 0.2) is 5.11 Å². The monoisotopic (exact) mass is 302 g/mol. The van der Waals surface area contributed by atoms with Crippen molar-refractivity contribution in [2.45, 2.75) is 26.2 Å². The fraction of sp³-hybridized carbons (Fsp3) is 0.250. The molecule has 21 heavy (non-hydrogen) atoms. The number of aromatic hydroxyl groups is 1. The predicted octanol–water partition coefficient (Wildman–Crippen LogP) is 3.55. The Hall–Kier alpha value is -2.14. The van der Waals surface area contributed by atoms with Gasteiger partial charge in [0.05, 0.1) is 0 Å². The molecule has 4 nitrogen and oxygen atoms in total. The van der Waals surface area contributed by atoms with Crippen molar-refractivity contribution in [2.24, 2.45) is 0 Å². The van der Waals surface area contributed by atoms with Crippen LogP contribution >= 0.6 is 12.2 Å². The number of carbonyl (C=O) groups is 1. The molecule has 0 heterocycles. The standard InChI is InChI=1S/C16H18N2O2S/c1-2-3-10-15(20)18-16(21)17-13-8-4-7-12-11(13)6-5-9-14(12)19/h4-9,19H,2-3,10H2,1H3,(H2,17,18,20,21). The van der Waals surface area contributed by atoms with E-state index in [-0.39, 0.29) is 16.8 Å². The summed E-state index contributed by atoms with van der Waals surface area (Å²) < 4.78 is 0. The van der Waals surface area contributed by atoms with E-state index in [2.05, 4.69) is 10.6 Å². The Morgan fingerprint density at radius 2 is 1.90 bits per heavy atom. The van der Waals surface area contributed by atoms with Crippen LogP contribution in [-0.4, -0.2) is 16.1 Å². The minimum atomic E-state index is -0.0857. The van der Waals surface area contributed by atoms with Gasteiger partial charge in [-0.3, -0.25) is 4.79 Å². The molecule has 0 spiro atoms. The molecule has 1 amide bonds. The van der Waals surface area contributed by atoms with Gasteiger partial charge in [0, 0.05) is 22.9 Å². The van der Waals surface area contributed by atoms with Crippen molar-refractivity contribution in [1.29, 1.82) is 0 Å². The maximum absolute atomic E-state index is 11.6. The van der Waals surface area contributed by atoms with Crippen LogP contribution in [0.5, 0.6) is 5.75 Å². The first-order chi connectivity index (χ1) is 10.1. The number of amides is 1. The van der Waals surface area contributed by atoms with E-state index in [1.807, 2.05) is 31.2 Å². The topological polar surface area (TPSA) is 61.4 Å². The first-order valence-electron chi connectivity index (χ1n) is 6.93. The third-order valence-corrected chi connectivity index (χ3v) is 3.36. The van der Waals surface area contributed by atoms with Gasteiger partial charge in [0.1, 0.15) is 5.75 Å². The van der Waals surface area contributed by atoms with Gasteiger partial charge in [0.2, 0.25) is 5.91 Å². The zero-order valence-electron chi connectivity index (χ0n) is 11.8. The lowest BCUT2D eigenvalue weighted by Gasteiger charge is -2.12. The largest absolute Gasteiger partial charge is 0.507 e. The van der Waals surface area contributed by atoms with Crippen molar-refractivity contribution < 1.29 is 9.90 Å². The van der Waals surface area contributed by atoms with Crippen LogP contribution in [0.25, 0.3) is 10.8 Å². The van der Waals surface area contributed by atoms with E-state index in [1.165, 1.54) is 0 Å². The van der Waals surface area contributed by atoms with E-state index >= 15 is 0 Å². The number of hydrogen-bond acceptors (Lipinski definition) is 3. The van der Waals surface area contributed by atoms with E-state index in [9.17, 15) is 9.90 Å². The summed E-state index contributed by atoms with van der Waals surface area (Å²) in [5, 5.41) is 17.4. The number of phenols is 1. The zero-order chi connectivity index (χ0) is 15.2. The van der Waals surface area contributed by atoms with Crippen LogP contribution in [-0.2, 0) is 4.79 Å². The van der Waals surface area contributed by atoms with E-state index < -0.39 is 0 Å². The average Bonchev–Trinajstić information content (AvgIpc) is 2.46. The van der Waals surface area contributed by atoms with Crippen LogP contribution in [0.2, 0.25) is 0 Å². The first-order valence-corrected chi connectivity index (χ1v) is 7.34. The van der Waals surface area contributed by atoms with Gasteiger partial charge in [-0.25, -0.2) is 0 Å². The highest BCUT2D eigenvalue weighted by atomic mass is 32.1.